The van der Waals surface area contributed by atoms with Crippen LogP contribution in [0.15, 0.2) is 84.6 Å². The summed E-state index contributed by atoms with van der Waals surface area (Å²) in [6.45, 7) is 0. The number of para-hydroxylation sites is 1. The molecule has 3 aromatic heterocycles. The highest BCUT2D eigenvalue weighted by Gasteiger charge is 2.23. The van der Waals surface area contributed by atoms with Crippen molar-refractivity contribution in [2.75, 3.05) is 7.11 Å². The number of amides is 1. The molecule has 3 heterocycles. The van der Waals surface area contributed by atoms with Crippen molar-refractivity contribution in [1.82, 2.24) is 20.1 Å². The van der Waals surface area contributed by atoms with E-state index in [9.17, 15) is 9.59 Å². The SMILES string of the molecule is COC(=O)C(NC(=O)C=Cc1cn(-c2ccccc2)nc1-c1cccnc1)c1cccs1. The Balaban J connectivity index is 1.62. The highest BCUT2D eigenvalue weighted by atomic mass is 32.1. The number of nitrogens with zero attached hydrogens (tertiary/aromatic N) is 3. The zero-order valence-electron chi connectivity index (χ0n) is 17.2. The van der Waals surface area contributed by atoms with Crippen molar-refractivity contribution in [1.29, 1.82) is 0 Å². The van der Waals surface area contributed by atoms with E-state index in [-0.39, 0.29) is 0 Å². The summed E-state index contributed by atoms with van der Waals surface area (Å²) in [6, 6.07) is 16.2. The summed E-state index contributed by atoms with van der Waals surface area (Å²) >= 11 is 1.37. The van der Waals surface area contributed by atoms with Crippen molar-refractivity contribution in [2.45, 2.75) is 6.04 Å². The second kappa shape index (κ2) is 9.84. The van der Waals surface area contributed by atoms with Gasteiger partial charge in [-0.25, -0.2) is 9.48 Å². The average Bonchev–Trinajstić information content (AvgIpc) is 3.52. The second-order valence-corrected chi connectivity index (χ2v) is 7.75. The molecule has 1 unspecified atom stereocenters. The Hall–Kier alpha value is -4.04. The monoisotopic (exact) mass is 444 g/mol. The number of ether oxygens (including phenoxy) is 1. The number of carbonyl (C=O) groups excluding carboxylic acids is 2. The number of methoxy groups -OCH3 is 1. The molecule has 0 bridgehead atoms. The van der Waals surface area contributed by atoms with Crippen molar-refractivity contribution < 1.29 is 14.3 Å². The number of nitrogens with one attached hydrogen (secondary N) is 1. The second-order valence-electron chi connectivity index (χ2n) is 6.77. The van der Waals surface area contributed by atoms with Gasteiger partial charge >= 0.3 is 5.97 Å². The molecule has 0 saturated carbocycles. The van der Waals surface area contributed by atoms with Crippen molar-refractivity contribution in [2.24, 2.45) is 0 Å². The first-order valence-electron chi connectivity index (χ1n) is 9.81. The predicted octanol–water partition coefficient (Wildman–Crippen LogP) is 4.04. The number of hydrogen-bond acceptors (Lipinski definition) is 6. The third-order valence-corrected chi connectivity index (χ3v) is 5.60. The summed E-state index contributed by atoms with van der Waals surface area (Å²) in [7, 11) is 1.29. The summed E-state index contributed by atoms with van der Waals surface area (Å²) in [5.74, 6) is -0.944. The van der Waals surface area contributed by atoms with Crippen LogP contribution in [0.5, 0.6) is 0 Å². The van der Waals surface area contributed by atoms with E-state index in [0.29, 0.717) is 10.6 Å². The first kappa shape index (κ1) is 21.2. The highest BCUT2D eigenvalue weighted by molar-refractivity contribution is 7.10. The summed E-state index contributed by atoms with van der Waals surface area (Å²) in [4.78, 5) is 29.6. The number of pyridine rings is 1. The summed E-state index contributed by atoms with van der Waals surface area (Å²) in [6.07, 6.45) is 8.32. The van der Waals surface area contributed by atoms with E-state index in [1.807, 2.05) is 60.1 Å². The van der Waals surface area contributed by atoms with Crippen LogP contribution < -0.4 is 5.32 Å². The first-order valence-corrected chi connectivity index (χ1v) is 10.7. The fraction of sp³-hybridized carbons (Fsp3) is 0.0833. The first-order chi connectivity index (χ1) is 15.7. The van der Waals surface area contributed by atoms with Crippen LogP contribution in [0.1, 0.15) is 16.5 Å². The van der Waals surface area contributed by atoms with E-state index in [4.69, 9.17) is 9.84 Å². The van der Waals surface area contributed by atoms with Crippen LogP contribution in [-0.2, 0) is 14.3 Å². The Morgan fingerprint density at radius 1 is 1.12 bits per heavy atom. The van der Waals surface area contributed by atoms with Crippen LogP contribution in [-0.4, -0.2) is 33.8 Å². The number of rotatable bonds is 7. The van der Waals surface area contributed by atoms with Crippen LogP contribution in [0, 0.1) is 0 Å². The molecule has 1 aromatic carbocycles. The van der Waals surface area contributed by atoms with Gasteiger partial charge in [-0.15, -0.1) is 11.3 Å². The standard InChI is InChI=1S/C24H20N4O3S/c1-31-24(30)23(20-10-6-14-32-20)26-21(29)12-11-18-16-28(19-8-3-2-4-9-19)27-22(18)17-7-5-13-25-15-17/h2-16,23H,1H3,(H,26,29). The van der Waals surface area contributed by atoms with E-state index in [1.54, 1.807) is 29.2 Å². The molecule has 0 spiro atoms. The van der Waals surface area contributed by atoms with Crippen molar-refractivity contribution in [3.8, 4) is 16.9 Å². The van der Waals surface area contributed by atoms with Crippen LogP contribution >= 0.6 is 11.3 Å². The molecule has 1 amide bonds. The minimum Gasteiger partial charge on any atom is -0.467 e. The molecule has 0 aliphatic rings. The molecule has 1 atom stereocenters. The maximum Gasteiger partial charge on any atom is 0.333 e. The molecular formula is C24H20N4O3S. The van der Waals surface area contributed by atoms with Crippen LogP contribution in [0.2, 0.25) is 0 Å². The molecular weight excluding hydrogens is 424 g/mol. The van der Waals surface area contributed by atoms with Gasteiger partial charge in [-0.05, 0) is 41.8 Å². The zero-order valence-corrected chi connectivity index (χ0v) is 18.0. The van der Waals surface area contributed by atoms with E-state index in [0.717, 1.165) is 16.8 Å². The van der Waals surface area contributed by atoms with Gasteiger partial charge in [0.05, 0.1) is 12.8 Å². The number of hydrogen-bond donors (Lipinski definition) is 1. The molecule has 32 heavy (non-hydrogen) atoms. The molecule has 4 aromatic rings. The molecule has 160 valence electrons. The van der Waals surface area contributed by atoms with Crippen LogP contribution in [0.4, 0.5) is 0 Å². The number of carbonyl (C=O) groups is 2. The Morgan fingerprint density at radius 2 is 1.97 bits per heavy atom. The number of esters is 1. The van der Waals surface area contributed by atoms with E-state index in [1.165, 1.54) is 24.5 Å². The van der Waals surface area contributed by atoms with Gasteiger partial charge in [0.2, 0.25) is 5.91 Å². The Bertz CT molecular complexity index is 1220. The fourth-order valence-electron chi connectivity index (χ4n) is 3.12. The van der Waals surface area contributed by atoms with Gasteiger partial charge < -0.3 is 10.1 Å². The minimum absolute atomic E-state index is 0.418. The van der Waals surface area contributed by atoms with Gasteiger partial charge in [0.25, 0.3) is 0 Å². The lowest BCUT2D eigenvalue weighted by atomic mass is 10.1. The maximum absolute atomic E-state index is 12.6. The normalized spacial score (nSPS) is 11.9. The van der Waals surface area contributed by atoms with Gasteiger partial charge in [-0.3, -0.25) is 9.78 Å². The van der Waals surface area contributed by atoms with Gasteiger partial charge in [-0.1, -0.05) is 24.3 Å². The summed E-state index contributed by atoms with van der Waals surface area (Å²) in [5.41, 5.74) is 3.15. The van der Waals surface area contributed by atoms with Crippen LogP contribution in [0.25, 0.3) is 23.0 Å². The molecule has 1 N–H and O–H groups in total. The Labute approximate surface area is 189 Å². The van der Waals surface area contributed by atoms with Gasteiger partial charge in [-0.2, -0.15) is 5.10 Å². The average molecular weight is 445 g/mol. The van der Waals surface area contributed by atoms with E-state index >= 15 is 0 Å². The Kier molecular flexibility index (Phi) is 6.52. The van der Waals surface area contributed by atoms with E-state index in [2.05, 4.69) is 10.3 Å². The number of thiophene rings is 1. The zero-order chi connectivity index (χ0) is 22.3. The number of benzene rings is 1. The lowest BCUT2D eigenvalue weighted by Crippen LogP contribution is -2.32. The third kappa shape index (κ3) is 4.81. The topological polar surface area (TPSA) is 86.1 Å². The predicted molar refractivity (Wildman–Crippen MR) is 123 cm³/mol. The number of aromatic nitrogens is 3. The largest absolute Gasteiger partial charge is 0.467 e. The smallest absolute Gasteiger partial charge is 0.333 e. The lowest BCUT2D eigenvalue weighted by Gasteiger charge is -2.13. The Morgan fingerprint density at radius 3 is 2.66 bits per heavy atom. The molecule has 0 fully saturated rings. The molecule has 0 aliphatic heterocycles. The van der Waals surface area contributed by atoms with Crippen molar-refractivity contribution in [3.63, 3.8) is 0 Å². The van der Waals surface area contributed by atoms with Crippen molar-refractivity contribution >= 4 is 29.3 Å². The highest BCUT2D eigenvalue weighted by Crippen LogP contribution is 2.24. The van der Waals surface area contributed by atoms with Gasteiger partial charge in [0.1, 0.15) is 5.69 Å². The molecule has 7 nitrogen and oxygen atoms in total. The lowest BCUT2D eigenvalue weighted by molar-refractivity contribution is -0.144. The van der Waals surface area contributed by atoms with Crippen LogP contribution in [0.3, 0.4) is 0 Å². The minimum atomic E-state index is -0.859. The summed E-state index contributed by atoms with van der Waals surface area (Å²) in [5, 5.41) is 9.24. The molecule has 0 aliphatic carbocycles. The van der Waals surface area contributed by atoms with Gasteiger partial charge in [0, 0.05) is 40.7 Å². The fourth-order valence-corrected chi connectivity index (χ4v) is 3.89. The quantitative estimate of drug-likeness (QED) is 0.343. The van der Waals surface area contributed by atoms with E-state index < -0.39 is 17.9 Å². The maximum atomic E-state index is 12.6. The van der Waals surface area contributed by atoms with Gasteiger partial charge in [0.15, 0.2) is 6.04 Å². The molecule has 0 radical (unpaired) electrons. The summed E-state index contributed by atoms with van der Waals surface area (Å²) < 4.78 is 6.59. The molecule has 4 rings (SSSR count). The molecule has 8 heteroatoms. The van der Waals surface area contributed by atoms with Crippen molar-refractivity contribution in [3.05, 3.63) is 95.1 Å². The third-order valence-electron chi connectivity index (χ3n) is 4.66. The molecule has 0 saturated heterocycles.